The van der Waals surface area contributed by atoms with Crippen LogP contribution in [0.4, 0.5) is 4.79 Å². The Labute approximate surface area is 268 Å². The van der Waals surface area contributed by atoms with E-state index in [0.717, 1.165) is 16.7 Å². The summed E-state index contributed by atoms with van der Waals surface area (Å²) >= 11 is 6.19. The summed E-state index contributed by atoms with van der Waals surface area (Å²) in [4.78, 5) is 40.8. The van der Waals surface area contributed by atoms with Gasteiger partial charge in [-0.2, -0.15) is 0 Å². The highest BCUT2D eigenvalue weighted by Crippen LogP contribution is 2.32. The van der Waals surface area contributed by atoms with Gasteiger partial charge in [-0.3, -0.25) is 14.6 Å². The first-order valence-corrected chi connectivity index (χ1v) is 15.2. The fourth-order valence-corrected chi connectivity index (χ4v) is 5.58. The molecule has 2 amide bonds. The highest BCUT2D eigenvalue weighted by molar-refractivity contribution is 6.30. The van der Waals surface area contributed by atoms with Gasteiger partial charge in [-0.1, -0.05) is 85.0 Å². The molecule has 0 spiro atoms. The predicted molar refractivity (Wildman–Crippen MR) is 172 cm³/mol. The number of nitrogens with two attached hydrogens (primary N) is 1. The first-order chi connectivity index (χ1) is 21.7. The second-order valence-corrected chi connectivity index (χ2v) is 11.2. The maximum Gasteiger partial charge on any atom is 0.421 e. The number of carbonyl (C=O) groups excluding carboxylic acids is 1. The summed E-state index contributed by atoms with van der Waals surface area (Å²) in [6.45, 7) is 4.33. The SMILES string of the molecule is CCC(NC(=O)C(c1ccc(C#CCCN(N)C(=O)O)cc1)N1CCN([C@H](c2ccccc2)c2ccc(Cl)cc2)CC1)C(=O)O. The molecular weight excluding hydrogens is 594 g/mol. The first-order valence-electron chi connectivity index (χ1n) is 14.8. The van der Waals surface area contributed by atoms with Crippen LogP contribution in [0.5, 0.6) is 0 Å². The minimum atomic E-state index is -1.22. The van der Waals surface area contributed by atoms with Crippen molar-refractivity contribution < 1.29 is 24.6 Å². The molecule has 3 aromatic carbocycles. The summed E-state index contributed by atoms with van der Waals surface area (Å²) in [7, 11) is 0. The van der Waals surface area contributed by atoms with E-state index in [4.69, 9.17) is 22.6 Å². The smallest absolute Gasteiger partial charge is 0.421 e. The number of aliphatic carboxylic acids is 1. The Hall–Kier alpha value is -4.40. The van der Waals surface area contributed by atoms with Crippen molar-refractivity contribution in [2.75, 3.05) is 32.7 Å². The number of carbonyl (C=O) groups is 3. The molecule has 2 unspecified atom stereocenters. The predicted octanol–water partition coefficient (Wildman–Crippen LogP) is 4.36. The lowest BCUT2D eigenvalue weighted by atomic mass is 9.95. The lowest BCUT2D eigenvalue weighted by Gasteiger charge is -2.42. The topological polar surface area (TPSA) is 139 Å². The minimum absolute atomic E-state index is 0.00841. The third kappa shape index (κ3) is 9.06. The van der Waals surface area contributed by atoms with Crippen LogP contribution in [0.2, 0.25) is 5.02 Å². The van der Waals surface area contributed by atoms with E-state index in [1.807, 2.05) is 54.6 Å². The summed E-state index contributed by atoms with van der Waals surface area (Å²) in [5.74, 6) is 9.84. The highest BCUT2D eigenvalue weighted by Gasteiger charge is 2.34. The van der Waals surface area contributed by atoms with Crippen molar-refractivity contribution in [3.63, 3.8) is 0 Å². The van der Waals surface area contributed by atoms with Gasteiger partial charge in [-0.25, -0.2) is 20.4 Å². The third-order valence-corrected chi connectivity index (χ3v) is 8.09. The summed E-state index contributed by atoms with van der Waals surface area (Å²) in [6, 6.07) is 23.7. The van der Waals surface area contributed by atoms with Gasteiger partial charge in [0.15, 0.2) is 0 Å². The number of hydrazine groups is 1. The van der Waals surface area contributed by atoms with Gasteiger partial charge in [0, 0.05) is 43.2 Å². The molecule has 4 rings (SSSR count). The molecule has 0 aromatic heterocycles. The normalized spacial score (nSPS) is 15.6. The molecule has 45 heavy (non-hydrogen) atoms. The van der Waals surface area contributed by atoms with Crippen molar-refractivity contribution in [1.29, 1.82) is 0 Å². The molecule has 0 aliphatic carbocycles. The zero-order valence-corrected chi connectivity index (χ0v) is 25.9. The lowest BCUT2D eigenvalue weighted by molar-refractivity contribution is -0.143. The van der Waals surface area contributed by atoms with Crippen molar-refractivity contribution in [2.45, 2.75) is 37.9 Å². The lowest BCUT2D eigenvalue weighted by Crippen LogP contribution is -2.53. The quantitative estimate of drug-likeness (QED) is 0.106. The largest absolute Gasteiger partial charge is 0.480 e. The average molecular weight is 632 g/mol. The van der Waals surface area contributed by atoms with Gasteiger partial charge in [-0.05, 0) is 47.4 Å². The number of amides is 2. The van der Waals surface area contributed by atoms with E-state index in [2.05, 4.69) is 39.1 Å². The fourth-order valence-electron chi connectivity index (χ4n) is 5.45. The van der Waals surface area contributed by atoms with Crippen LogP contribution < -0.4 is 11.2 Å². The van der Waals surface area contributed by atoms with Crippen LogP contribution in [-0.4, -0.2) is 81.8 Å². The fraction of sp³-hybridized carbons (Fsp3) is 0.324. The molecule has 11 heteroatoms. The maximum atomic E-state index is 13.7. The summed E-state index contributed by atoms with van der Waals surface area (Å²) in [5, 5.41) is 22.6. The van der Waals surface area contributed by atoms with Gasteiger partial charge in [0.25, 0.3) is 0 Å². The molecule has 3 aromatic rings. The van der Waals surface area contributed by atoms with Crippen LogP contribution in [0, 0.1) is 11.8 Å². The molecule has 1 aliphatic heterocycles. The van der Waals surface area contributed by atoms with E-state index in [0.29, 0.717) is 41.8 Å². The van der Waals surface area contributed by atoms with Crippen LogP contribution in [0.1, 0.15) is 54.1 Å². The van der Waals surface area contributed by atoms with E-state index in [1.165, 1.54) is 0 Å². The molecular formula is C34H38ClN5O5. The molecule has 0 saturated carbocycles. The van der Waals surface area contributed by atoms with E-state index in [-0.39, 0.29) is 31.3 Å². The molecule has 3 atom stereocenters. The number of rotatable bonds is 11. The second kappa shape index (κ2) is 16.1. The van der Waals surface area contributed by atoms with Crippen LogP contribution in [0.3, 0.4) is 0 Å². The van der Waals surface area contributed by atoms with Crippen molar-refractivity contribution >= 4 is 29.6 Å². The van der Waals surface area contributed by atoms with Crippen molar-refractivity contribution in [3.8, 4) is 11.8 Å². The van der Waals surface area contributed by atoms with Crippen molar-refractivity contribution in [1.82, 2.24) is 20.1 Å². The van der Waals surface area contributed by atoms with E-state index in [9.17, 15) is 19.5 Å². The Morgan fingerprint density at radius 2 is 1.47 bits per heavy atom. The Kier molecular flexibility index (Phi) is 12.0. The molecule has 1 heterocycles. The number of nitrogens with one attached hydrogen (secondary N) is 1. The zero-order chi connectivity index (χ0) is 32.3. The number of carboxylic acid groups (broad SMARTS) is 2. The Morgan fingerprint density at radius 3 is 2.04 bits per heavy atom. The van der Waals surface area contributed by atoms with Crippen LogP contribution in [0.25, 0.3) is 0 Å². The number of hydrogen-bond donors (Lipinski definition) is 4. The molecule has 10 nitrogen and oxygen atoms in total. The van der Waals surface area contributed by atoms with Gasteiger partial charge in [0.05, 0.1) is 12.6 Å². The second-order valence-electron chi connectivity index (χ2n) is 10.8. The van der Waals surface area contributed by atoms with Gasteiger partial charge < -0.3 is 15.5 Å². The standard InChI is InChI=1S/C34H38ClN5O5/c1-2-29(33(42)43)37-32(41)31(27-13-11-24(12-14-27)8-6-7-19-40(36)34(44)45)39-22-20-38(21-23-39)30(25-9-4-3-5-10-25)26-15-17-28(35)18-16-26/h3-5,9-18,29-31H,2,7,19-23,36H2,1H3,(H,37,41)(H,42,43)(H,44,45)/t29?,30-,31?/m1/s1. The molecule has 1 saturated heterocycles. The van der Waals surface area contributed by atoms with Crippen LogP contribution in [-0.2, 0) is 9.59 Å². The summed E-state index contributed by atoms with van der Waals surface area (Å²) in [6.07, 6.45) is -0.689. The third-order valence-electron chi connectivity index (χ3n) is 7.83. The van der Waals surface area contributed by atoms with Gasteiger partial charge >= 0.3 is 12.1 Å². The summed E-state index contributed by atoms with van der Waals surface area (Å²) in [5.41, 5.74) is 3.71. The number of halogens is 1. The number of benzene rings is 3. The summed E-state index contributed by atoms with van der Waals surface area (Å²) < 4.78 is 0. The Balaban J connectivity index is 1.54. The molecule has 1 fully saturated rings. The van der Waals surface area contributed by atoms with E-state index >= 15 is 0 Å². The van der Waals surface area contributed by atoms with Gasteiger partial charge in [0.2, 0.25) is 5.91 Å². The van der Waals surface area contributed by atoms with E-state index in [1.54, 1.807) is 19.1 Å². The average Bonchev–Trinajstić information content (AvgIpc) is 3.04. The molecule has 0 bridgehead atoms. The molecule has 5 N–H and O–H groups in total. The zero-order valence-electron chi connectivity index (χ0n) is 25.1. The number of nitrogens with zero attached hydrogens (tertiary/aromatic N) is 3. The Bertz CT molecular complexity index is 1500. The van der Waals surface area contributed by atoms with Gasteiger partial charge in [-0.15, -0.1) is 0 Å². The molecule has 1 aliphatic rings. The van der Waals surface area contributed by atoms with Crippen LogP contribution in [0.15, 0.2) is 78.9 Å². The number of carboxylic acids is 1. The number of piperazine rings is 1. The maximum absolute atomic E-state index is 13.7. The van der Waals surface area contributed by atoms with Gasteiger partial charge in [0.1, 0.15) is 12.1 Å². The highest BCUT2D eigenvalue weighted by atomic mass is 35.5. The first kappa shape index (κ1) is 33.5. The molecule has 0 radical (unpaired) electrons. The van der Waals surface area contributed by atoms with Crippen molar-refractivity contribution in [3.05, 3.63) is 106 Å². The van der Waals surface area contributed by atoms with E-state index < -0.39 is 24.1 Å². The van der Waals surface area contributed by atoms with Crippen LogP contribution >= 0.6 is 11.6 Å². The number of hydrogen-bond acceptors (Lipinski definition) is 6. The monoisotopic (exact) mass is 631 g/mol. The van der Waals surface area contributed by atoms with Crippen molar-refractivity contribution in [2.24, 2.45) is 5.84 Å². The molecule has 236 valence electrons. The Morgan fingerprint density at radius 1 is 0.889 bits per heavy atom. The minimum Gasteiger partial charge on any atom is -0.480 e.